The van der Waals surface area contributed by atoms with Gasteiger partial charge in [0, 0.05) is 19.0 Å². The number of piperidine rings is 1. The molecule has 2 N–H and O–H groups in total. The second kappa shape index (κ2) is 6.70. The molecule has 0 spiro atoms. The van der Waals surface area contributed by atoms with Gasteiger partial charge in [-0.2, -0.15) is 0 Å². The molecule has 1 atom stereocenters. The molecule has 0 saturated carbocycles. The Bertz CT molecular complexity index is 504. The van der Waals surface area contributed by atoms with Gasteiger partial charge in [-0.3, -0.25) is 4.79 Å². The highest BCUT2D eigenvalue weighted by Crippen LogP contribution is 2.19. The van der Waals surface area contributed by atoms with Crippen molar-refractivity contribution in [1.82, 2.24) is 4.90 Å². The van der Waals surface area contributed by atoms with Crippen LogP contribution in [0.4, 0.5) is 0 Å². The molecule has 0 aromatic heterocycles. The normalized spacial score (nSPS) is 18.6. The van der Waals surface area contributed by atoms with Crippen molar-refractivity contribution >= 4 is 23.1 Å². The first-order valence-corrected chi connectivity index (χ1v) is 7.21. The van der Waals surface area contributed by atoms with Crippen LogP contribution < -0.4 is 10.5 Å². The van der Waals surface area contributed by atoms with Gasteiger partial charge in [0.15, 0.2) is 0 Å². The number of hydrogen-bond acceptors (Lipinski definition) is 3. The summed E-state index contributed by atoms with van der Waals surface area (Å²) < 4.78 is 5.17. The minimum atomic E-state index is 0.124. The number of methoxy groups -OCH3 is 1. The average molecular weight is 292 g/mol. The first kappa shape index (κ1) is 14.8. The zero-order valence-electron chi connectivity index (χ0n) is 11.7. The van der Waals surface area contributed by atoms with Crippen LogP contribution in [0.15, 0.2) is 24.3 Å². The third-order valence-electron chi connectivity index (χ3n) is 3.67. The molecule has 20 heavy (non-hydrogen) atoms. The van der Waals surface area contributed by atoms with E-state index in [-0.39, 0.29) is 11.8 Å². The number of carbonyl (C=O) groups is 1. The van der Waals surface area contributed by atoms with Crippen LogP contribution in [0.5, 0.6) is 5.75 Å². The quantitative estimate of drug-likeness (QED) is 0.859. The SMILES string of the molecule is COc1cccc(CC(=O)N2CCCC(C(N)=S)C2)c1. The summed E-state index contributed by atoms with van der Waals surface area (Å²) in [6.07, 6.45) is 2.34. The number of nitrogens with zero attached hydrogens (tertiary/aromatic N) is 1. The number of benzene rings is 1. The van der Waals surface area contributed by atoms with Crippen molar-refractivity contribution < 1.29 is 9.53 Å². The molecule has 4 nitrogen and oxygen atoms in total. The predicted molar refractivity (Wildman–Crippen MR) is 82.8 cm³/mol. The number of hydrogen-bond donors (Lipinski definition) is 1. The number of likely N-dealkylation sites (tertiary alicyclic amines) is 1. The summed E-state index contributed by atoms with van der Waals surface area (Å²) in [6.45, 7) is 1.44. The Morgan fingerprint density at radius 1 is 1.55 bits per heavy atom. The lowest BCUT2D eigenvalue weighted by Gasteiger charge is -2.32. The summed E-state index contributed by atoms with van der Waals surface area (Å²) in [4.78, 5) is 14.7. The Hall–Kier alpha value is -1.62. The Labute approximate surface area is 124 Å². The van der Waals surface area contributed by atoms with Gasteiger partial charge in [-0.05, 0) is 30.5 Å². The van der Waals surface area contributed by atoms with Gasteiger partial charge < -0.3 is 15.4 Å². The summed E-state index contributed by atoms with van der Waals surface area (Å²) in [5, 5.41) is 0. The minimum Gasteiger partial charge on any atom is -0.497 e. The van der Waals surface area contributed by atoms with Gasteiger partial charge in [0.1, 0.15) is 5.75 Å². The highest BCUT2D eigenvalue weighted by molar-refractivity contribution is 7.80. The van der Waals surface area contributed by atoms with E-state index in [9.17, 15) is 4.79 Å². The molecule has 1 saturated heterocycles. The van der Waals surface area contributed by atoms with Crippen LogP contribution >= 0.6 is 12.2 Å². The van der Waals surface area contributed by atoms with Gasteiger partial charge in [0.2, 0.25) is 5.91 Å². The van der Waals surface area contributed by atoms with E-state index in [0.29, 0.717) is 18.0 Å². The number of nitrogens with two attached hydrogens (primary N) is 1. The third-order valence-corrected chi connectivity index (χ3v) is 4.00. The van der Waals surface area contributed by atoms with E-state index in [4.69, 9.17) is 22.7 Å². The molecule has 1 amide bonds. The highest BCUT2D eigenvalue weighted by Gasteiger charge is 2.25. The van der Waals surface area contributed by atoms with Crippen molar-refractivity contribution in [3.05, 3.63) is 29.8 Å². The molecule has 1 fully saturated rings. The van der Waals surface area contributed by atoms with Gasteiger partial charge in [-0.15, -0.1) is 0 Å². The summed E-state index contributed by atoms with van der Waals surface area (Å²) >= 11 is 5.04. The first-order chi connectivity index (χ1) is 9.60. The van der Waals surface area contributed by atoms with Crippen molar-refractivity contribution in [3.8, 4) is 5.75 Å². The minimum absolute atomic E-state index is 0.124. The van der Waals surface area contributed by atoms with Crippen LogP contribution in [0.3, 0.4) is 0 Å². The van der Waals surface area contributed by atoms with E-state index in [2.05, 4.69) is 0 Å². The molecule has 0 bridgehead atoms. The van der Waals surface area contributed by atoms with Gasteiger partial charge in [0.25, 0.3) is 0 Å². The number of rotatable bonds is 4. The molecule has 1 aliphatic rings. The largest absolute Gasteiger partial charge is 0.497 e. The van der Waals surface area contributed by atoms with Crippen molar-refractivity contribution in [1.29, 1.82) is 0 Å². The van der Waals surface area contributed by atoms with E-state index < -0.39 is 0 Å². The van der Waals surface area contributed by atoms with Crippen LogP contribution in [-0.4, -0.2) is 36.0 Å². The average Bonchev–Trinajstić information content (AvgIpc) is 2.47. The standard InChI is InChI=1S/C15H20N2O2S/c1-19-13-6-2-4-11(8-13)9-14(18)17-7-3-5-12(10-17)15(16)20/h2,4,6,8,12H,3,5,7,9-10H2,1H3,(H2,16,20). The van der Waals surface area contributed by atoms with Gasteiger partial charge in [0.05, 0.1) is 18.5 Å². The van der Waals surface area contributed by atoms with Crippen LogP contribution in [0.2, 0.25) is 0 Å². The molecule has 0 aliphatic carbocycles. The monoisotopic (exact) mass is 292 g/mol. The lowest BCUT2D eigenvalue weighted by atomic mass is 9.97. The zero-order chi connectivity index (χ0) is 14.5. The van der Waals surface area contributed by atoms with E-state index in [1.165, 1.54) is 0 Å². The molecule has 1 aliphatic heterocycles. The number of ether oxygens (including phenoxy) is 1. The van der Waals surface area contributed by atoms with E-state index in [0.717, 1.165) is 30.7 Å². The maximum absolute atomic E-state index is 12.3. The number of carbonyl (C=O) groups excluding carboxylic acids is 1. The lowest BCUT2D eigenvalue weighted by Crippen LogP contribution is -2.44. The van der Waals surface area contributed by atoms with Gasteiger partial charge >= 0.3 is 0 Å². The third kappa shape index (κ3) is 3.70. The van der Waals surface area contributed by atoms with Crippen molar-refractivity contribution in [2.45, 2.75) is 19.3 Å². The van der Waals surface area contributed by atoms with Crippen molar-refractivity contribution in [3.63, 3.8) is 0 Å². The smallest absolute Gasteiger partial charge is 0.227 e. The summed E-state index contributed by atoms with van der Waals surface area (Å²) in [6, 6.07) is 7.61. The fourth-order valence-electron chi connectivity index (χ4n) is 2.50. The predicted octanol–water partition coefficient (Wildman–Crippen LogP) is 1.76. The molecule has 0 radical (unpaired) electrons. The molecular formula is C15H20N2O2S. The van der Waals surface area contributed by atoms with Crippen LogP contribution in [0.1, 0.15) is 18.4 Å². The van der Waals surface area contributed by atoms with Crippen molar-refractivity contribution in [2.75, 3.05) is 20.2 Å². The Kier molecular flexibility index (Phi) is 4.95. The van der Waals surface area contributed by atoms with Crippen LogP contribution in [0, 0.1) is 5.92 Å². The molecule has 1 heterocycles. The fraction of sp³-hybridized carbons (Fsp3) is 0.467. The Balaban J connectivity index is 1.98. The maximum atomic E-state index is 12.3. The molecule has 1 aromatic rings. The van der Waals surface area contributed by atoms with E-state index >= 15 is 0 Å². The molecule has 108 valence electrons. The van der Waals surface area contributed by atoms with Crippen LogP contribution in [-0.2, 0) is 11.2 Å². The molecule has 5 heteroatoms. The van der Waals surface area contributed by atoms with Gasteiger partial charge in [-0.25, -0.2) is 0 Å². The second-order valence-corrected chi connectivity index (χ2v) is 5.58. The number of thiocarbonyl (C=S) groups is 1. The summed E-state index contributed by atoms with van der Waals surface area (Å²) in [5.41, 5.74) is 6.66. The molecular weight excluding hydrogens is 272 g/mol. The Morgan fingerprint density at radius 2 is 2.35 bits per heavy atom. The zero-order valence-corrected chi connectivity index (χ0v) is 12.5. The maximum Gasteiger partial charge on any atom is 0.227 e. The highest BCUT2D eigenvalue weighted by atomic mass is 32.1. The topological polar surface area (TPSA) is 55.6 Å². The fourth-order valence-corrected chi connectivity index (χ4v) is 2.70. The Morgan fingerprint density at radius 3 is 3.05 bits per heavy atom. The van der Waals surface area contributed by atoms with E-state index in [1.807, 2.05) is 29.2 Å². The molecule has 2 rings (SSSR count). The molecule has 1 unspecified atom stereocenters. The molecule has 1 aromatic carbocycles. The second-order valence-electron chi connectivity index (χ2n) is 5.11. The van der Waals surface area contributed by atoms with Gasteiger partial charge in [-0.1, -0.05) is 24.4 Å². The van der Waals surface area contributed by atoms with E-state index in [1.54, 1.807) is 7.11 Å². The number of amides is 1. The summed E-state index contributed by atoms with van der Waals surface area (Å²) in [5.74, 6) is 1.06. The van der Waals surface area contributed by atoms with Crippen LogP contribution in [0.25, 0.3) is 0 Å². The lowest BCUT2D eigenvalue weighted by molar-refractivity contribution is -0.131. The van der Waals surface area contributed by atoms with Crippen molar-refractivity contribution in [2.24, 2.45) is 11.7 Å². The summed E-state index contributed by atoms with van der Waals surface area (Å²) in [7, 11) is 1.62. The first-order valence-electron chi connectivity index (χ1n) is 6.80.